The number of nitrogens with one attached hydrogen (secondary N) is 1. The predicted molar refractivity (Wildman–Crippen MR) is 162 cm³/mol. The van der Waals surface area contributed by atoms with Crippen molar-refractivity contribution in [2.24, 2.45) is 0 Å². The van der Waals surface area contributed by atoms with Crippen LogP contribution in [0.4, 0.5) is 16.2 Å². The summed E-state index contributed by atoms with van der Waals surface area (Å²) in [6, 6.07) is 0. The fourth-order valence-corrected chi connectivity index (χ4v) is 6.25. The van der Waals surface area contributed by atoms with Gasteiger partial charge in [0.05, 0.1) is 19.5 Å². The van der Waals surface area contributed by atoms with Gasteiger partial charge in [-0.2, -0.15) is 9.67 Å². The van der Waals surface area contributed by atoms with Crippen molar-refractivity contribution in [1.82, 2.24) is 44.5 Å². The van der Waals surface area contributed by atoms with Crippen molar-refractivity contribution in [3.8, 4) is 12.3 Å². The molecule has 2 aliphatic heterocycles. The molecule has 4 aromatic heterocycles. The van der Waals surface area contributed by atoms with E-state index in [1.165, 1.54) is 17.2 Å². The highest BCUT2D eigenvalue weighted by Crippen LogP contribution is 2.51. The van der Waals surface area contributed by atoms with Gasteiger partial charge in [0.15, 0.2) is 40.6 Å². The van der Waals surface area contributed by atoms with Crippen molar-refractivity contribution in [1.29, 1.82) is 0 Å². The van der Waals surface area contributed by atoms with E-state index in [0.717, 1.165) is 4.68 Å². The van der Waals surface area contributed by atoms with Gasteiger partial charge in [0.1, 0.15) is 36.4 Å². The van der Waals surface area contributed by atoms with Crippen molar-refractivity contribution in [3.63, 3.8) is 0 Å². The summed E-state index contributed by atoms with van der Waals surface area (Å²) in [5.74, 6) is 2.20. The average Bonchev–Trinajstić information content (AvgIpc) is 3.77. The normalized spacial score (nSPS) is 29.0. The van der Waals surface area contributed by atoms with E-state index in [0.29, 0.717) is 11.2 Å². The molecule has 4 aromatic rings. The van der Waals surface area contributed by atoms with E-state index in [1.54, 1.807) is 0 Å². The van der Waals surface area contributed by atoms with E-state index in [4.69, 9.17) is 52.8 Å². The number of fused-ring (bicyclic) bond motifs is 2. The first-order valence-corrected chi connectivity index (χ1v) is 17.3. The lowest BCUT2D eigenvalue weighted by Gasteiger charge is -2.30. The number of aromatic nitrogens is 9. The van der Waals surface area contributed by atoms with Gasteiger partial charge < -0.3 is 40.6 Å². The maximum absolute atomic E-state index is 15.4. The zero-order valence-corrected chi connectivity index (χ0v) is 26.5. The molecule has 0 radical (unpaired) electrons. The number of hydrogen-bond acceptors (Lipinski definition) is 17. The molecular formula is C21H24FN11O9P2S2. The smallest absolute Gasteiger partial charge is 0.325 e. The standard InChI is InChI=1S/C21H23FN11O8PS.HOPS/c1-2-21(9(35)3-10(40-21)32-7-27-12-15(23)25-6-26-16(12)32)5-38-42(37,43)41-14-11(22)8(4-34)39-19(14)33-17-13(30-31-33)18(36)29-20(24)28-17;1-2-3/h1,6-11,14,19,34-35H,3-5H2,(H,37,43)(H2,23,25,26)(H3,24,28,29,36);(H,1,3)/t8-,9+,10-,11+,14-,19-,21-,42?;/m1./s1. The van der Waals surface area contributed by atoms with E-state index in [9.17, 15) is 19.9 Å². The van der Waals surface area contributed by atoms with E-state index >= 15 is 4.39 Å². The quantitative estimate of drug-likeness (QED) is 0.0662. The third-order valence-corrected chi connectivity index (χ3v) is 8.53. The van der Waals surface area contributed by atoms with Gasteiger partial charge >= 0.3 is 6.72 Å². The maximum Gasteiger partial charge on any atom is 0.325 e. The van der Waals surface area contributed by atoms with Gasteiger partial charge in [-0.25, -0.2) is 19.3 Å². The number of nitrogen functional groups attached to an aromatic ring is 2. The van der Waals surface area contributed by atoms with Crippen LogP contribution in [0.3, 0.4) is 0 Å². The first kappa shape index (κ1) is 34.1. The summed E-state index contributed by atoms with van der Waals surface area (Å²) in [7, 11) is -0.139. The molecule has 0 amide bonds. The van der Waals surface area contributed by atoms with E-state index in [1.807, 2.05) is 0 Å². The van der Waals surface area contributed by atoms with Crippen LogP contribution in [0.5, 0.6) is 0 Å². The minimum Gasteiger partial charge on any atom is -0.394 e. The third-order valence-electron chi connectivity index (χ3n) is 6.99. The Bertz CT molecular complexity index is 1910. The third kappa shape index (κ3) is 6.34. The lowest BCUT2D eigenvalue weighted by Crippen LogP contribution is -2.42. The number of H-pyrrole nitrogens is 1. The fraction of sp³-hybridized carbons (Fsp3) is 0.476. The lowest BCUT2D eigenvalue weighted by molar-refractivity contribution is -0.0894. The van der Waals surface area contributed by atoms with Crippen molar-refractivity contribution in [2.45, 2.75) is 49.0 Å². The van der Waals surface area contributed by atoms with Crippen LogP contribution in [0.25, 0.3) is 22.3 Å². The predicted octanol–water partition coefficient (Wildman–Crippen LogP) is -0.860. The van der Waals surface area contributed by atoms with Crippen molar-refractivity contribution < 1.29 is 42.6 Å². The number of hydrogen-bond donors (Lipinski definition) is 7. The molecule has 46 heavy (non-hydrogen) atoms. The number of imidazole rings is 1. The Kier molecular flexibility index (Phi) is 9.97. The highest BCUT2D eigenvalue weighted by Gasteiger charge is 2.52. The number of rotatable bonds is 8. The zero-order valence-electron chi connectivity index (χ0n) is 23.0. The molecule has 0 aromatic carbocycles. The van der Waals surface area contributed by atoms with Gasteiger partial charge in [-0.15, -0.1) is 11.5 Å². The van der Waals surface area contributed by atoms with Crippen LogP contribution in [0.1, 0.15) is 18.9 Å². The second-order valence-electron chi connectivity index (χ2n) is 9.68. The summed E-state index contributed by atoms with van der Waals surface area (Å²) in [5, 5.41) is 28.0. The average molecular weight is 720 g/mol. The van der Waals surface area contributed by atoms with Crippen LogP contribution in [0.2, 0.25) is 0 Å². The molecule has 0 spiro atoms. The fourth-order valence-electron chi connectivity index (χ4n) is 4.85. The van der Waals surface area contributed by atoms with Crippen LogP contribution in [0.15, 0.2) is 17.4 Å². The van der Waals surface area contributed by atoms with E-state index < -0.39 is 68.0 Å². The number of ether oxygens (including phenoxy) is 2. The number of thiol groups is 1. The van der Waals surface area contributed by atoms with E-state index in [2.05, 4.69) is 53.4 Å². The SMILES string of the molecule is C#C[C@]1(COP(O)(=S)O[C@@H]2[C@@H](F)[C@@H](CO)O[C@H]2n2nnc3c(=O)[nH]c(N)nc32)O[C@@H](n2cnc3c(N)ncnc32)C[C@@H]1O.O=PS. The second kappa shape index (κ2) is 13.5. The van der Waals surface area contributed by atoms with Gasteiger partial charge in [0.25, 0.3) is 5.56 Å². The topological polar surface area (TPSA) is 287 Å². The largest absolute Gasteiger partial charge is 0.394 e. The van der Waals surface area contributed by atoms with Crippen LogP contribution >= 0.6 is 26.6 Å². The molecule has 0 aliphatic carbocycles. The molecule has 8 N–H and O–H groups in total. The minimum atomic E-state index is -4.38. The summed E-state index contributed by atoms with van der Waals surface area (Å²) in [6.07, 6.45) is -0.619. The van der Waals surface area contributed by atoms with Crippen LogP contribution in [-0.4, -0.2) is 103 Å². The summed E-state index contributed by atoms with van der Waals surface area (Å²) < 4.78 is 49.1. The molecule has 0 saturated carbocycles. The zero-order chi connectivity index (χ0) is 33.4. The van der Waals surface area contributed by atoms with Gasteiger partial charge in [0, 0.05) is 6.42 Å². The Hall–Kier alpha value is -3.26. The molecule has 20 nitrogen and oxygen atoms in total. The Morgan fingerprint density at radius 1 is 1.35 bits per heavy atom. The molecule has 8 atom stereocenters. The summed E-state index contributed by atoms with van der Waals surface area (Å²) in [6.45, 7) is -5.83. The number of aliphatic hydroxyl groups excluding tert-OH is 2. The molecule has 0 bridgehead atoms. The Balaban J connectivity index is 0.00000134. The molecule has 2 aliphatic rings. The van der Waals surface area contributed by atoms with Gasteiger partial charge in [0.2, 0.25) is 13.6 Å². The number of anilines is 2. The van der Waals surface area contributed by atoms with E-state index in [-0.39, 0.29) is 37.0 Å². The van der Waals surface area contributed by atoms with Crippen LogP contribution < -0.4 is 17.0 Å². The first-order valence-electron chi connectivity index (χ1n) is 12.8. The number of nitrogens with two attached hydrogens (primary N) is 2. The molecular weight excluding hydrogens is 695 g/mol. The van der Waals surface area contributed by atoms with Gasteiger partial charge in [-0.05, 0) is 11.8 Å². The molecule has 25 heteroatoms. The second-order valence-corrected chi connectivity index (χ2v) is 13.1. The summed E-state index contributed by atoms with van der Waals surface area (Å²) in [5.41, 5.74) is 9.14. The molecule has 246 valence electrons. The number of halogens is 1. The maximum atomic E-state index is 15.4. The molecule has 2 saturated heterocycles. The number of alkyl halides is 1. The van der Waals surface area contributed by atoms with Gasteiger partial charge in [-0.1, -0.05) is 23.4 Å². The Labute approximate surface area is 268 Å². The van der Waals surface area contributed by atoms with Crippen molar-refractivity contribution in [2.75, 3.05) is 24.7 Å². The Morgan fingerprint density at radius 3 is 2.78 bits per heavy atom. The number of aliphatic hydroxyl groups is 2. The number of aromatic amines is 1. The summed E-state index contributed by atoms with van der Waals surface area (Å²) >= 11 is 8.34. The molecule has 6 rings (SSSR count). The van der Waals surface area contributed by atoms with Crippen LogP contribution in [-0.2, 0) is 34.9 Å². The molecule has 6 heterocycles. The van der Waals surface area contributed by atoms with Gasteiger partial charge in [-0.3, -0.25) is 23.4 Å². The first-order chi connectivity index (χ1) is 21.9. The summed E-state index contributed by atoms with van der Waals surface area (Å²) in [4.78, 5) is 41.5. The number of terminal acetylenes is 1. The number of nitrogens with zero attached hydrogens (tertiary/aromatic N) is 8. The van der Waals surface area contributed by atoms with Crippen molar-refractivity contribution >= 4 is 72.5 Å². The highest BCUT2D eigenvalue weighted by molar-refractivity contribution is 8.33. The minimum absolute atomic E-state index is 0.0318. The molecule has 2 fully saturated rings. The Morgan fingerprint density at radius 2 is 2.09 bits per heavy atom. The monoisotopic (exact) mass is 719 g/mol. The van der Waals surface area contributed by atoms with Crippen molar-refractivity contribution in [3.05, 3.63) is 23.0 Å². The highest BCUT2D eigenvalue weighted by atomic mass is 32.7. The van der Waals surface area contributed by atoms with Crippen LogP contribution in [0, 0.1) is 12.3 Å². The lowest BCUT2D eigenvalue weighted by atomic mass is 9.99. The molecule has 1 unspecified atom stereocenters.